The summed E-state index contributed by atoms with van der Waals surface area (Å²) in [4.78, 5) is 0. The van der Waals surface area contributed by atoms with Crippen LogP contribution in [0.2, 0.25) is 0 Å². The molecule has 0 N–H and O–H groups in total. The molecule has 68 valence electrons. The molecule has 0 heterocycles. The minimum absolute atomic E-state index is 0.608. The van der Waals surface area contributed by atoms with E-state index in [9.17, 15) is 0 Å². The number of rotatable bonds is 3. The first kappa shape index (κ1) is 11.4. The van der Waals surface area contributed by atoms with Gasteiger partial charge in [-0.05, 0) is 31.9 Å². The number of hydrogen-bond donors (Lipinski definition) is 0. The number of allylic oxidation sites excluding steroid dienone is 6. The molecule has 0 saturated heterocycles. The van der Waals surface area contributed by atoms with E-state index in [0.29, 0.717) is 5.57 Å². The Labute approximate surface area is 80.4 Å². The van der Waals surface area contributed by atoms with Gasteiger partial charge >= 0.3 is 0 Å². The highest BCUT2D eigenvalue weighted by atomic mass is 14.2. The van der Waals surface area contributed by atoms with Gasteiger partial charge in [0.25, 0.3) is 0 Å². The minimum Gasteiger partial charge on any atom is -0.192 e. The van der Waals surface area contributed by atoms with Gasteiger partial charge in [0.15, 0.2) is 0 Å². The van der Waals surface area contributed by atoms with E-state index < -0.39 is 0 Å². The van der Waals surface area contributed by atoms with Crippen molar-refractivity contribution in [3.63, 3.8) is 0 Å². The average molecular weight is 173 g/mol. The predicted octanol–water partition coefficient (Wildman–Crippen LogP) is 3.53. The summed E-state index contributed by atoms with van der Waals surface area (Å²) in [7, 11) is 0. The van der Waals surface area contributed by atoms with Crippen molar-refractivity contribution in [3.8, 4) is 6.07 Å². The molecule has 0 radical (unpaired) electrons. The first-order chi connectivity index (χ1) is 6.08. The number of nitrogens with zero attached hydrogens (tertiary/aromatic N) is 1. The fourth-order valence-corrected chi connectivity index (χ4v) is 1.21. The maximum Gasteiger partial charge on any atom is 0.0994 e. The van der Waals surface area contributed by atoms with Gasteiger partial charge in [0.1, 0.15) is 0 Å². The third-order valence-corrected chi connectivity index (χ3v) is 1.88. The van der Waals surface area contributed by atoms with Crippen LogP contribution in [-0.2, 0) is 0 Å². The Hall–Kier alpha value is -1.55. The summed E-state index contributed by atoms with van der Waals surface area (Å²) < 4.78 is 0. The van der Waals surface area contributed by atoms with Gasteiger partial charge in [-0.25, -0.2) is 0 Å². The molecule has 1 heteroatoms. The Morgan fingerprint density at radius 1 is 1.38 bits per heavy atom. The van der Waals surface area contributed by atoms with Crippen molar-refractivity contribution in [1.29, 1.82) is 5.26 Å². The van der Waals surface area contributed by atoms with Crippen LogP contribution < -0.4 is 0 Å². The molecule has 0 aliphatic heterocycles. The molecule has 0 aromatic carbocycles. The molecule has 0 aromatic heterocycles. The molecule has 0 rings (SSSR count). The van der Waals surface area contributed by atoms with E-state index in [4.69, 9.17) is 5.26 Å². The Balaban J connectivity index is 5.30. The lowest BCUT2D eigenvalue weighted by Crippen LogP contribution is -1.90. The molecule has 0 saturated carbocycles. The second kappa shape index (κ2) is 5.16. The number of nitriles is 1. The second-order valence-electron chi connectivity index (χ2n) is 2.84. The highest BCUT2D eigenvalue weighted by Gasteiger charge is 2.03. The normalized spacial score (nSPS) is 12.9. The SMILES string of the molecule is C=C/C(C#N)=C(C)\C(=C/C)C(=C)C. The molecule has 1 nitrogen and oxygen atoms in total. The molecule has 0 aromatic rings. The first-order valence-electron chi connectivity index (χ1n) is 4.14. The molecule has 0 aliphatic rings. The van der Waals surface area contributed by atoms with Crippen LogP contribution in [0.4, 0.5) is 0 Å². The molecule has 0 atom stereocenters. The zero-order chi connectivity index (χ0) is 10.4. The second-order valence-corrected chi connectivity index (χ2v) is 2.84. The predicted molar refractivity (Wildman–Crippen MR) is 57.1 cm³/mol. The molecule has 0 aliphatic carbocycles. The first-order valence-corrected chi connectivity index (χ1v) is 4.14. The van der Waals surface area contributed by atoms with Crippen LogP contribution in [0.3, 0.4) is 0 Å². The van der Waals surface area contributed by atoms with Crippen molar-refractivity contribution in [2.45, 2.75) is 20.8 Å². The van der Waals surface area contributed by atoms with Crippen molar-refractivity contribution in [2.75, 3.05) is 0 Å². The quantitative estimate of drug-likeness (QED) is 0.473. The van der Waals surface area contributed by atoms with Gasteiger partial charge in [0.2, 0.25) is 0 Å². The minimum atomic E-state index is 0.608. The van der Waals surface area contributed by atoms with Gasteiger partial charge in [0, 0.05) is 0 Å². The van der Waals surface area contributed by atoms with Crippen LogP contribution in [0.1, 0.15) is 20.8 Å². The maximum atomic E-state index is 8.79. The number of hydrogen-bond acceptors (Lipinski definition) is 1. The summed E-state index contributed by atoms with van der Waals surface area (Å²) in [5, 5.41) is 8.79. The zero-order valence-electron chi connectivity index (χ0n) is 8.52. The largest absolute Gasteiger partial charge is 0.192 e. The third kappa shape index (κ3) is 2.76. The van der Waals surface area contributed by atoms with Crippen LogP contribution in [0, 0.1) is 11.3 Å². The lowest BCUT2D eigenvalue weighted by atomic mass is 9.97. The van der Waals surface area contributed by atoms with Crippen LogP contribution in [0.25, 0.3) is 0 Å². The summed E-state index contributed by atoms with van der Waals surface area (Å²) in [6.07, 6.45) is 3.53. The van der Waals surface area contributed by atoms with Gasteiger partial charge in [-0.15, -0.1) is 0 Å². The Morgan fingerprint density at radius 2 is 1.92 bits per heavy atom. The van der Waals surface area contributed by atoms with Gasteiger partial charge in [0.05, 0.1) is 11.6 Å². The van der Waals surface area contributed by atoms with Crippen molar-refractivity contribution in [1.82, 2.24) is 0 Å². The van der Waals surface area contributed by atoms with Crippen LogP contribution >= 0.6 is 0 Å². The molecule has 0 fully saturated rings. The summed E-state index contributed by atoms with van der Waals surface area (Å²) >= 11 is 0. The lowest BCUT2D eigenvalue weighted by Gasteiger charge is -2.07. The fraction of sp³-hybridized carbons (Fsp3) is 0.250. The molecule has 0 amide bonds. The van der Waals surface area contributed by atoms with E-state index in [1.807, 2.05) is 26.8 Å². The van der Waals surface area contributed by atoms with Gasteiger partial charge in [-0.3, -0.25) is 0 Å². The summed E-state index contributed by atoms with van der Waals surface area (Å²) in [5.41, 5.74) is 3.54. The summed E-state index contributed by atoms with van der Waals surface area (Å²) in [6.45, 7) is 13.2. The maximum absolute atomic E-state index is 8.79. The van der Waals surface area contributed by atoms with Crippen molar-refractivity contribution in [3.05, 3.63) is 47.6 Å². The monoisotopic (exact) mass is 173 g/mol. The van der Waals surface area contributed by atoms with Crippen LogP contribution in [0.5, 0.6) is 0 Å². The van der Waals surface area contributed by atoms with Crippen molar-refractivity contribution >= 4 is 0 Å². The molecule has 0 unspecified atom stereocenters. The fourth-order valence-electron chi connectivity index (χ4n) is 1.21. The molecular weight excluding hydrogens is 158 g/mol. The van der Waals surface area contributed by atoms with E-state index in [1.165, 1.54) is 0 Å². The average Bonchev–Trinajstić information content (AvgIpc) is 2.07. The van der Waals surface area contributed by atoms with Crippen LogP contribution in [0.15, 0.2) is 47.6 Å². The highest BCUT2D eigenvalue weighted by molar-refractivity contribution is 5.51. The zero-order valence-corrected chi connectivity index (χ0v) is 8.52. The topological polar surface area (TPSA) is 23.8 Å². The third-order valence-electron chi connectivity index (χ3n) is 1.88. The van der Waals surface area contributed by atoms with Crippen molar-refractivity contribution < 1.29 is 0 Å². The van der Waals surface area contributed by atoms with E-state index in [0.717, 1.165) is 16.7 Å². The van der Waals surface area contributed by atoms with E-state index in [1.54, 1.807) is 6.08 Å². The van der Waals surface area contributed by atoms with Crippen molar-refractivity contribution in [2.24, 2.45) is 0 Å². The Kier molecular flexibility index (Phi) is 4.54. The molecule has 0 bridgehead atoms. The smallest absolute Gasteiger partial charge is 0.0994 e. The van der Waals surface area contributed by atoms with Gasteiger partial charge < -0.3 is 0 Å². The van der Waals surface area contributed by atoms with E-state index in [-0.39, 0.29) is 0 Å². The highest BCUT2D eigenvalue weighted by Crippen LogP contribution is 2.20. The van der Waals surface area contributed by atoms with Gasteiger partial charge in [-0.1, -0.05) is 30.9 Å². The van der Waals surface area contributed by atoms with E-state index >= 15 is 0 Å². The van der Waals surface area contributed by atoms with E-state index in [2.05, 4.69) is 19.2 Å². The van der Waals surface area contributed by atoms with Gasteiger partial charge in [-0.2, -0.15) is 5.26 Å². The molecular formula is C12H15N. The molecule has 13 heavy (non-hydrogen) atoms. The Bertz CT molecular complexity index is 322. The summed E-state index contributed by atoms with van der Waals surface area (Å²) in [5.74, 6) is 0. The molecule has 0 spiro atoms. The lowest BCUT2D eigenvalue weighted by molar-refractivity contribution is 1.29. The Morgan fingerprint density at radius 3 is 2.15 bits per heavy atom. The summed E-state index contributed by atoms with van der Waals surface area (Å²) in [6, 6.07) is 2.10. The van der Waals surface area contributed by atoms with Crippen LogP contribution in [-0.4, -0.2) is 0 Å². The standard InChI is InChI=1S/C12H15N/c1-6-11(8-13)10(5)12(7-2)9(3)4/h6-7H,1,3H2,2,4-5H3/b11-10+,12-7-.